The number of rotatable bonds is 4. The van der Waals surface area contributed by atoms with E-state index in [0.717, 1.165) is 0 Å². The van der Waals surface area contributed by atoms with E-state index in [9.17, 15) is 15.0 Å². The van der Waals surface area contributed by atoms with E-state index in [1.807, 2.05) is 0 Å². The van der Waals surface area contributed by atoms with E-state index in [1.165, 1.54) is 18.5 Å². The second-order valence-corrected chi connectivity index (χ2v) is 4.44. The minimum atomic E-state index is -1.03. The molecule has 0 unspecified atom stereocenters. The van der Waals surface area contributed by atoms with Gasteiger partial charge in [-0.15, -0.1) is 0 Å². The van der Waals surface area contributed by atoms with Gasteiger partial charge in [-0.1, -0.05) is 0 Å². The summed E-state index contributed by atoms with van der Waals surface area (Å²) in [5.74, 6) is -1.03. The lowest BCUT2D eigenvalue weighted by Gasteiger charge is -2.27. The lowest BCUT2D eigenvalue weighted by Crippen LogP contribution is -2.37. The van der Waals surface area contributed by atoms with Crippen molar-refractivity contribution in [3.05, 3.63) is 30.1 Å². The van der Waals surface area contributed by atoms with Gasteiger partial charge in [-0.3, -0.25) is 0 Å². The molecule has 2 aromatic rings. The fraction of sp³-hybridized carbons (Fsp3) is 0.333. The summed E-state index contributed by atoms with van der Waals surface area (Å²) in [4.78, 5) is 15.1. The average molecular weight is 250 g/mol. The number of aromatic carboxylic acids is 1. The quantitative estimate of drug-likeness (QED) is 0.731. The predicted octanol–water partition coefficient (Wildman–Crippen LogP) is 0.434. The van der Waals surface area contributed by atoms with E-state index < -0.39 is 11.5 Å². The van der Waals surface area contributed by atoms with Crippen LogP contribution in [0.5, 0.6) is 0 Å². The van der Waals surface area contributed by atoms with Gasteiger partial charge >= 0.3 is 5.97 Å². The van der Waals surface area contributed by atoms with Crippen LogP contribution in [0.15, 0.2) is 24.5 Å². The first-order chi connectivity index (χ1) is 8.51. The molecule has 0 bridgehead atoms. The molecule has 2 rings (SSSR count). The molecule has 0 spiro atoms. The molecule has 6 heteroatoms. The Hall–Kier alpha value is -1.92. The third-order valence-electron chi connectivity index (χ3n) is 3.06. The maximum absolute atomic E-state index is 10.9. The SMILES string of the molecule is CC(CO)(CO)n1cnc2ccc(C(=O)O)cc21. The minimum Gasteiger partial charge on any atom is -0.478 e. The highest BCUT2D eigenvalue weighted by atomic mass is 16.4. The Labute approximate surface area is 103 Å². The van der Waals surface area contributed by atoms with Crippen LogP contribution >= 0.6 is 0 Å². The zero-order valence-corrected chi connectivity index (χ0v) is 9.87. The summed E-state index contributed by atoms with van der Waals surface area (Å²) in [5.41, 5.74) is 0.419. The number of hydrogen-bond donors (Lipinski definition) is 3. The van der Waals surface area contributed by atoms with Gasteiger partial charge in [0.1, 0.15) is 0 Å². The van der Waals surface area contributed by atoms with Crippen molar-refractivity contribution in [2.24, 2.45) is 0 Å². The van der Waals surface area contributed by atoms with Crippen molar-refractivity contribution in [2.45, 2.75) is 12.5 Å². The number of fused-ring (bicyclic) bond motifs is 1. The van der Waals surface area contributed by atoms with Gasteiger partial charge in [0.2, 0.25) is 0 Å². The Morgan fingerprint density at radius 3 is 2.61 bits per heavy atom. The van der Waals surface area contributed by atoms with Crippen molar-refractivity contribution in [2.75, 3.05) is 13.2 Å². The van der Waals surface area contributed by atoms with Crippen LogP contribution in [0.3, 0.4) is 0 Å². The first-order valence-electron chi connectivity index (χ1n) is 5.44. The van der Waals surface area contributed by atoms with Crippen LogP contribution in [0.1, 0.15) is 17.3 Å². The van der Waals surface area contributed by atoms with E-state index in [-0.39, 0.29) is 18.8 Å². The Morgan fingerprint density at radius 1 is 1.39 bits per heavy atom. The van der Waals surface area contributed by atoms with Crippen molar-refractivity contribution in [1.82, 2.24) is 9.55 Å². The van der Waals surface area contributed by atoms with Crippen LogP contribution in [0.4, 0.5) is 0 Å². The van der Waals surface area contributed by atoms with Gasteiger partial charge in [0.05, 0.1) is 41.7 Å². The van der Waals surface area contributed by atoms with Crippen molar-refractivity contribution < 1.29 is 20.1 Å². The number of aliphatic hydroxyl groups excluding tert-OH is 2. The lowest BCUT2D eigenvalue weighted by atomic mass is 10.0. The van der Waals surface area contributed by atoms with Gasteiger partial charge in [-0.05, 0) is 25.1 Å². The van der Waals surface area contributed by atoms with Crippen LogP contribution in [-0.4, -0.2) is 44.1 Å². The molecular formula is C12H14N2O4. The summed E-state index contributed by atoms with van der Waals surface area (Å²) >= 11 is 0. The fourth-order valence-electron chi connectivity index (χ4n) is 1.77. The van der Waals surface area contributed by atoms with E-state index in [1.54, 1.807) is 17.6 Å². The van der Waals surface area contributed by atoms with Crippen molar-refractivity contribution in [3.63, 3.8) is 0 Å². The van der Waals surface area contributed by atoms with Crippen molar-refractivity contribution >= 4 is 17.0 Å². The zero-order valence-electron chi connectivity index (χ0n) is 9.87. The van der Waals surface area contributed by atoms with E-state index in [0.29, 0.717) is 11.0 Å². The first-order valence-corrected chi connectivity index (χ1v) is 5.44. The third-order valence-corrected chi connectivity index (χ3v) is 3.06. The summed E-state index contributed by atoms with van der Waals surface area (Å²) in [7, 11) is 0. The maximum Gasteiger partial charge on any atom is 0.335 e. The molecular weight excluding hydrogens is 236 g/mol. The third kappa shape index (κ3) is 1.85. The standard InChI is InChI=1S/C12H14N2O4/c1-12(5-15,6-16)14-7-13-9-3-2-8(11(17)18)4-10(9)14/h2-4,7,15-16H,5-6H2,1H3,(H,17,18). The number of nitrogens with zero attached hydrogens (tertiary/aromatic N) is 2. The van der Waals surface area contributed by atoms with Gasteiger partial charge < -0.3 is 19.9 Å². The summed E-state index contributed by atoms with van der Waals surface area (Å²) < 4.78 is 1.59. The topological polar surface area (TPSA) is 95.6 Å². The van der Waals surface area contributed by atoms with Gasteiger partial charge in [0, 0.05) is 0 Å². The molecule has 3 N–H and O–H groups in total. The van der Waals surface area contributed by atoms with E-state index in [4.69, 9.17) is 5.11 Å². The Kier molecular flexibility index (Phi) is 3.06. The Morgan fingerprint density at radius 2 is 2.06 bits per heavy atom. The van der Waals surface area contributed by atoms with Crippen LogP contribution in [0, 0.1) is 0 Å². The van der Waals surface area contributed by atoms with Gasteiger partial charge in [-0.25, -0.2) is 9.78 Å². The first kappa shape index (κ1) is 12.5. The molecule has 96 valence electrons. The summed E-state index contributed by atoms with van der Waals surface area (Å²) in [6.07, 6.45) is 1.49. The molecule has 0 aliphatic rings. The molecule has 6 nitrogen and oxygen atoms in total. The molecule has 0 aliphatic carbocycles. The molecule has 0 fully saturated rings. The predicted molar refractivity (Wildman–Crippen MR) is 64.5 cm³/mol. The number of carbonyl (C=O) groups is 1. The van der Waals surface area contributed by atoms with Crippen LogP contribution in [0.2, 0.25) is 0 Å². The van der Waals surface area contributed by atoms with Gasteiger partial charge in [0.25, 0.3) is 0 Å². The largest absolute Gasteiger partial charge is 0.478 e. The smallest absolute Gasteiger partial charge is 0.335 e. The number of carboxylic acids is 1. The lowest BCUT2D eigenvalue weighted by molar-refractivity contribution is 0.0697. The molecule has 0 saturated carbocycles. The van der Waals surface area contributed by atoms with Crippen molar-refractivity contribution in [3.8, 4) is 0 Å². The monoisotopic (exact) mass is 250 g/mol. The minimum absolute atomic E-state index is 0.141. The summed E-state index contributed by atoms with van der Waals surface area (Å²) in [6.45, 7) is 1.13. The van der Waals surface area contributed by atoms with E-state index >= 15 is 0 Å². The molecule has 0 radical (unpaired) electrons. The molecule has 18 heavy (non-hydrogen) atoms. The average Bonchev–Trinajstić information content (AvgIpc) is 2.81. The molecule has 0 atom stereocenters. The van der Waals surface area contributed by atoms with Crippen LogP contribution in [-0.2, 0) is 5.54 Å². The van der Waals surface area contributed by atoms with Crippen molar-refractivity contribution in [1.29, 1.82) is 0 Å². The van der Waals surface area contributed by atoms with E-state index in [2.05, 4.69) is 4.98 Å². The number of hydrogen-bond acceptors (Lipinski definition) is 4. The molecule has 1 aromatic heterocycles. The highest BCUT2D eigenvalue weighted by Crippen LogP contribution is 2.23. The summed E-state index contributed by atoms with van der Waals surface area (Å²) in [6, 6.07) is 4.55. The number of aliphatic hydroxyl groups is 2. The molecule has 0 amide bonds. The second kappa shape index (κ2) is 4.40. The number of carboxylic acid groups (broad SMARTS) is 1. The van der Waals surface area contributed by atoms with Crippen LogP contribution in [0.25, 0.3) is 11.0 Å². The highest BCUT2D eigenvalue weighted by Gasteiger charge is 2.26. The second-order valence-electron chi connectivity index (χ2n) is 4.44. The maximum atomic E-state index is 10.9. The van der Waals surface area contributed by atoms with Gasteiger partial charge in [-0.2, -0.15) is 0 Å². The Balaban J connectivity index is 2.65. The molecule has 1 heterocycles. The number of aromatic nitrogens is 2. The summed E-state index contributed by atoms with van der Waals surface area (Å²) in [5, 5.41) is 27.7. The van der Waals surface area contributed by atoms with Crippen LogP contribution < -0.4 is 0 Å². The molecule has 1 aromatic carbocycles. The normalized spacial score (nSPS) is 11.9. The number of imidazole rings is 1. The fourth-order valence-corrected chi connectivity index (χ4v) is 1.77. The number of benzene rings is 1. The Bertz CT molecular complexity index is 587. The molecule has 0 saturated heterocycles. The zero-order chi connectivity index (χ0) is 13.3. The molecule has 0 aliphatic heterocycles. The van der Waals surface area contributed by atoms with Gasteiger partial charge in [0.15, 0.2) is 0 Å². The highest BCUT2D eigenvalue weighted by molar-refractivity contribution is 5.92.